The van der Waals surface area contributed by atoms with Crippen LogP contribution in [0.4, 0.5) is 0 Å². The highest BCUT2D eigenvalue weighted by Crippen LogP contribution is 2.23. The number of carbonyl (C=O) groups is 3. The lowest BCUT2D eigenvalue weighted by atomic mass is 9.88. The first-order valence-corrected chi connectivity index (χ1v) is 12.1. The number of hydrogen-bond donors (Lipinski definition) is 2. The maximum absolute atomic E-state index is 13.2. The van der Waals surface area contributed by atoms with Crippen LogP contribution >= 0.6 is 0 Å². The Morgan fingerprint density at radius 3 is 2.29 bits per heavy atom. The van der Waals surface area contributed by atoms with Crippen molar-refractivity contribution in [3.05, 3.63) is 65.7 Å². The third-order valence-electron chi connectivity index (χ3n) is 6.84. The number of benzene rings is 2. The Hall–Kier alpha value is -3.35. The highest BCUT2D eigenvalue weighted by atomic mass is 16.5. The summed E-state index contributed by atoms with van der Waals surface area (Å²) in [7, 11) is 1.58. The smallest absolute Gasteiger partial charge is 0.254 e. The number of methoxy groups -OCH3 is 1. The molecule has 2 aliphatic rings. The first-order chi connectivity index (χ1) is 16.5. The molecule has 3 atom stereocenters. The summed E-state index contributed by atoms with van der Waals surface area (Å²) in [5, 5.41) is 6.32. The highest BCUT2D eigenvalue weighted by molar-refractivity contribution is 5.95. The number of nitrogens with zero attached hydrogens (tertiary/aromatic N) is 1. The van der Waals surface area contributed by atoms with Crippen LogP contribution in [-0.2, 0) is 4.79 Å². The van der Waals surface area contributed by atoms with Gasteiger partial charge in [0, 0.05) is 36.3 Å². The first kappa shape index (κ1) is 23.8. The zero-order valence-corrected chi connectivity index (χ0v) is 19.7. The van der Waals surface area contributed by atoms with Gasteiger partial charge >= 0.3 is 0 Å². The standard InChI is InChI=1S/C27H33N3O4/c1-34-22-13-7-11-20(17-22)27(33)30-16-8-12-21(18-30)26(32)29-24-15-6-5-14-23(24)28-25(31)19-9-3-2-4-10-19/h2-4,7,9-11,13,17,21,23-24H,5-6,8,12,14-16,18H2,1H3,(H,28,31)(H,29,32)/t21-,23-,24-/m1/s1. The number of hydrogen-bond acceptors (Lipinski definition) is 4. The molecular formula is C27H33N3O4. The summed E-state index contributed by atoms with van der Waals surface area (Å²) in [6, 6.07) is 16.1. The maximum Gasteiger partial charge on any atom is 0.254 e. The van der Waals surface area contributed by atoms with Gasteiger partial charge in [0.05, 0.1) is 13.0 Å². The van der Waals surface area contributed by atoms with E-state index in [4.69, 9.17) is 4.74 Å². The summed E-state index contributed by atoms with van der Waals surface area (Å²) in [4.78, 5) is 40.6. The number of likely N-dealkylation sites (tertiary alicyclic amines) is 1. The van der Waals surface area contributed by atoms with Crippen molar-refractivity contribution in [3.8, 4) is 5.75 Å². The first-order valence-electron chi connectivity index (χ1n) is 12.1. The van der Waals surface area contributed by atoms with Gasteiger partial charge in [-0.15, -0.1) is 0 Å². The predicted octanol–water partition coefficient (Wildman–Crippen LogP) is 3.40. The number of nitrogens with one attached hydrogen (secondary N) is 2. The van der Waals surface area contributed by atoms with E-state index in [9.17, 15) is 14.4 Å². The Labute approximate surface area is 200 Å². The van der Waals surface area contributed by atoms with Crippen LogP contribution in [0.15, 0.2) is 54.6 Å². The van der Waals surface area contributed by atoms with E-state index in [0.717, 1.165) is 38.5 Å². The van der Waals surface area contributed by atoms with Crippen molar-refractivity contribution >= 4 is 17.7 Å². The number of amides is 3. The maximum atomic E-state index is 13.2. The summed E-state index contributed by atoms with van der Waals surface area (Å²) in [5.41, 5.74) is 1.19. The van der Waals surface area contributed by atoms with Gasteiger partial charge in [0.2, 0.25) is 5.91 Å². The molecule has 1 saturated carbocycles. The van der Waals surface area contributed by atoms with Crippen molar-refractivity contribution in [3.63, 3.8) is 0 Å². The summed E-state index contributed by atoms with van der Waals surface area (Å²) in [5.74, 6) is 0.157. The average Bonchev–Trinajstić information content (AvgIpc) is 2.90. The van der Waals surface area contributed by atoms with Crippen molar-refractivity contribution in [2.45, 2.75) is 50.6 Å². The zero-order valence-electron chi connectivity index (χ0n) is 19.7. The molecule has 2 aromatic carbocycles. The van der Waals surface area contributed by atoms with Gasteiger partial charge < -0.3 is 20.3 Å². The van der Waals surface area contributed by atoms with Crippen LogP contribution in [0.1, 0.15) is 59.2 Å². The summed E-state index contributed by atoms with van der Waals surface area (Å²) < 4.78 is 5.24. The summed E-state index contributed by atoms with van der Waals surface area (Å²) in [6.45, 7) is 1.04. The quantitative estimate of drug-likeness (QED) is 0.687. The molecule has 1 heterocycles. The van der Waals surface area contributed by atoms with Gasteiger partial charge in [-0.1, -0.05) is 37.1 Å². The molecule has 180 valence electrons. The number of carbonyl (C=O) groups excluding carboxylic acids is 3. The minimum absolute atomic E-state index is 0.0333. The molecule has 0 bridgehead atoms. The molecule has 7 heteroatoms. The second-order valence-corrected chi connectivity index (χ2v) is 9.17. The van der Waals surface area contributed by atoms with Gasteiger partial charge in [0.25, 0.3) is 11.8 Å². The van der Waals surface area contributed by atoms with Gasteiger partial charge in [-0.05, 0) is 56.0 Å². The molecule has 34 heavy (non-hydrogen) atoms. The molecule has 2 fully saturated rings. The molecule has 0 spiro atoms. The summed E-state index contributed by atoms with van der Waals surface area (Å²) in [6.07, 6.45) is 5.26. The van der Waals surface area contributed by atoms with Gasteiger partial charge in [-0.2, -0.15) is 0 Å². The molecule has 2 N–H and O–H groups in total. The average molecular weight is 464 g/mol. The SMILES string of the molecule is COc1cccc(C(=O)N2CCC[C@@H](C(=O)N[C@@H]3CCCC[C@H]3NC(=O)c3ccccc3)C2)c1. The van der Waals surface area contributed by atoms with E-state index in [1.165, 1.54) is 0 Å². The minimum Gasteiger partial charge on any atom is -0.497 e. The van der Waals surface area contributed by atoms with Gasteiger partial charge in [0.1, 0.15) is 5.75 Å². The van der Waals surface area contributed by atoms with Crippen LogP contribution in [0.3, 0.4) is 0 Å². The van der Waals surface area contributed by atoms with Crippen molar-refractivity contribution in [2.24, 2.45) is 5.92 Å². The lowest BCUT2D eigenvalue weighted by molar-refractivity contribution is -0.127. The molecule has 0 aromatic heterocycles. The van der Waals surface area contributed by atoms with Crippen molar-refractivity contribution in [2.75, 3.05) is 20.2 Å². The Bertz CT molecular complexity index is 1010. The van der Waals surface area contributed by atoms with Crippen molar-refractivity contribution < 1.29 is 19.1 Å². The second kappa shape index (κ2) is 11.2. The van der Waals surface area contributed by atoms with Crippen LogP contribution in [0.5, 0.6) is 5.75 Å². The molecule has 0 unspecified atom stereocenters. The molecule has 2 aromatic rings. The van der Waals surface area contributed by atoms with E-state index in [1.54, 1.807) is 48.4 Å². The number of ether oxygens (including phenoxy) is 1. The van der Waals surface area contributed by atoms with Crippen molar-refractivity contribution in [1.29, 1.82) is 0 Å². The van der Waals surface area contributed by atoms with Crippen molar-refractivity contribution in [1.82, 2.24) is 15.5 Å². The van der Waals surface area contributed by atoms with Crippen LogP contribution in [0.2, 0.25) is 0 Å². The molecule has 4 rings (SSSR count). The van der Waals surface area contributed by atoms with Gasteiger partial charge in [0.15, 0.2) is 0 Å². The van der Waals surface area contributed by atoms with E-state index in [2.05, 4.69) is 10.6 Å². The zero-order chi connectivity index (χ0) is 23.9. The van der Waals surface area contributed by atoms with Gasteiger partial charge in [-0.25, -0.2) is 0 Å². The van der Waals surface area contributed by atoms with Crippen LogP contribution in [0, 0.1) is 5.92 Å². The Morgan fingerprint density at radius 1 is 0.853 bits per heavy atom. The van der Waals surface area contributed by atoms with Crippen LogP contribution < -0.4 is 15.4 Å². The summed E-state index contributed by atoms with van der Waals surface area (Å²) >= 11 is 0. The fraction of sp³-hybridized carbons (Fsp3) is 0.444. The Balaban J connectivity index is 1.36. The largest absolute Gasteiger partial charge is 0.497 e. The third kappa shape index (κ3) is 5.76. The topological polar surface area (TPSA) is 87.7 Å². The Kier molecular flexibility index (Phi) is 7.83. The number of rotatable bonds is 6. The minimum atomic E-state index is -0.254. The van der Waals surface area contributed by atoms with E-state index >= 15 is 0 Å². The van der Waals surface area contributed by atoms with Crippen LogP contribution in [-0.4, -0.2) is 54.9 Å². The molecule has 3 amide bonds. The lowest BCUT2D eigenvalue weighted by Crippen LogP contribution is -2.55. The molecule has 0 radical (unpaired) electrons. The normalized spacial score (nSPS) is 22.5. The van der Waals surface area contributed by atoms with E-state index in [-0.39, 0.29) is 35.7 Å². The molecule has 7 nitrogen and oxygen atoms in total. The molecule has 1 aliphatic heterocycles. The fourth-order valence-electron chi connectivity index (χ4n) is 4.93. The van der Waals surface area contributed by atoms with Gasteiger partial charge in [-0.3, -0.25) is 14.4 Å². The Morgan fingerprint density at radius 2 is 1.56 bits per heavy atom. The predicted molar refractivity (Wildman–Crippen MR) is 130 cm³/mol. The lowest BCUT2D eigenvalue weighted by Gasteiger charge is -2.36. The molecular weight excluding hydrogens is 430 g/mol. The third-order valence-corrected chi connectivity index (χ3v) is 6.84. The highest BCUT2D eigenvalue weighted by Gasteiger charge is 2.33. The second-order valence-electron chi connectivity index (χ2n) is 9.17. The van der Waals surface area contributed by atoms with Crippen LogP contribution in [0.25, 0.3) is 0 Å². The fourth-order valence-corrected chi connectivity index (χ4v) is 4.93. The number of piperidine rings is 1. The van der Waals surface area contributed by atoms with E-state index < -0.39 is 0 Å². The molecule has 1 saturated heterocycles. The monoisotopic (exact) mass is 463 g/mol. The van der Waals surface area contributed by atoms with E-state index in [1.807, 2.05) is 18.2 Å². The molecule has 1 aliphatic carbocycles. The van der Waals surface area contributed by atoms with E-state index in [0.29, 0.717) is 30.0 Å².